The van der Waals surface area contributed by atoms with Crippen LogP contribution in [0.25, 0.3) is 11.3 Å². The number of hydrogen-bond donors (Lipinski definition) is 2. The second-order valence-electron chi connectivity index (χ2n) is 6.15. The predicted molar refractivity (Wildman–Crippen MR) is 98.6 cm³/mol. The van der Waals surface area contributed by atoms with Crippen molar-refractivity contribution in [2.24, 2.45) is 0 Å². The first kappa shape index (κ1) is 19.6. The molecule has 1 heterocycles. The Morgan fingerprint density at radius 2 is 1.68 bits per heavy atom. The molecule has 8 heteroatoms. The molecule has 0 saturated heterocycles. The lowest BCUT2D eigenvalue weighted by Gasteiger charge is -2.21. The highest BCUT2D eigenvalue weighted by Gasteiger charge is 2.31. The van der Waals surface area contributed by atoms with Gasteiger partial charge in [-0.05, 0) is 36.8 Å². The van der Waals surface area contributed by atoms with Crippen LogP contribution in [0.3, 0.4) is 0 Å². The molecule has 2 aromatic carbocycles. The topological polar surface area (TPSA) is 67.3 Å². The summed E-state index contributed by atoms with van der Waals surface area (Å²) in [5, 5.41) is 13.6. The highest BCUT2D eigenvalue weighted by molar-refractivity contribution is 5.63. The summed E-state index contributed by atoms with van der Waals surface area (Å²) >= 11 is 0. The van der Waals surface area contributed by atoms with Gasteiger partial charge >= 0.3 is 6.36 Å². The quantitative estimate of drug-likeness (QED) is 0.646. The van der Waals surface area contributed by atoms with Crippen LogP contribution in [0.1, 0.15) is 18.6 Å². The van der Waals surface area contributed by atoms with Crippen LogP contribution in [0.4, 0.5) is 19.0 Å². The molecule has 3 aromatic rings. The largest absolute Gasteiger partial charge is 0.573 e. The number of halogens is 3. The van der Waals surface area contributed by atoms with Gasteiger partial charge in [-0.3, -0.25) is 0 Å². The van der Waals surface area contributed by atoms with Gasteiger partial charge in [-0.1, -0.05) is 30.3 Å². The van der Waals surface area contributed by atoms with Gasteiger partial charge in [0.15, 0.2) is 0 Å². The van der Waals surface area contributed by atoms with Gasteiger partial charge in [-0.15, -0.1) is 13.2 Å². The standard InChI is InChI=1S/C20H18F3N3O2/c1-13(19(27)15-5-3-2-4-6-15)26-18-11-17(24-12-25-18)14-7-9-16(10-8-14)28-20(21,22)23/h2-13,19,27H,1H3,(H,24,25,26)/t13-,19-/m1/s1. The van der Waals surface area contributed by atoms with Crippen molar-refractivity contribution in [1.82, 2.24) is 9.97 Å². The maximum absolute atomic E-state index is 12.3. The third-order valence-electron chi connectivity index (χ3n) is 4.04. The molecule has 3 rings (SSSR count). The number of aromatic nitrogens is 2. The van der Waals surface area contributed by atoms with Crippen LogP contribution in [0.5, 0.6) is 5.75 Å². The fraction of sp³-hybridized carbons (Fsp3) is 0.200. The Bertz CT molecular complexity index is 903. The third-order valence-corrected chi connectivity index (χ3v) is 4.04. The van der Waals surface area contributed by atoms with Crippen molar-refractivity contribution in [2.45, 2.75) is 25.4 Å². The first-order valence-electron chi connectivity index (χ1n) is 8.49. The molecule has 0 bridgehead atoms. The van der Waals surface area contributed by atoms with Crippen molar-refractivity contribution < 1.29 is 23.0 Å². The van der Waals surface area contributed by atoms with E-state index in [0.717, 1.165) is 5.56 Å². The van der Waals surface area contributed by atoms with Crippen LogP contribution in [-0.2, 0) is 0 Å². The molecule has 28 heavy (non-hydrogen) atoms. The van der Waals surface area contributed by atoms with Crippen LogP contribution >= 0.6 is 0 Å². The normalized spacial score (nSPS) is 13.6. The molecule has 0 radical (unpaired) electrons. The second-order valence-corrected chi connectivity index (χ2v) is 6.15. The number of aliphatic hydroxyl groups is 1. The molecule has 146 valence electrons. The molecule has 2 N–H and O–H groups in total. The van der Waals surface area contributed by atoms with Gasteiger partial charge in [0.2, 0.25) is 0 Å². The minimum Gasteiger partial charge on any atom is -0.406 e. The first-order chi connectivity index (χ1) is 13.3. The molecule has 0 unspecified atom stereocenters. The van der Waals surface area contributed by atoms with Gasteiger partial charge in [-0.25, -0.2) is 9.97 Å². The van der Waals surface area contributed by atoms with E-state index in [-0.39, 0.29) is 11.8 Å². The molecule has 1 aromatic heterocycles. The molecule has 0 saturated carbocycles. The molecule has 0 amide bonds. The molecular formula is C20H18F3N3O2. The number of benzene rings is 2. The summed E-state index contributed by atoms with van der Waals surface area (Å²) in [5.41, 5.74) is 1.91. The number of nitrogens with one attached hydrogen (secondary N) is 1. The monoisotopic (exact) mass is 389 g/mol. The zero-order valence-electron chi connectivity index (χ0n) is 14.9. The van der Waals surface area contributed by atoms with E-state index in [1.54, 1.807) is 6.07 Å². The molecule has 0 aliphatic rings. The number of ether oxygens (including phenoxy) is 1. The van der Waals surface area contributed by atoms with E-state index in [1.165, 1.54) is 30.6 Å². The van der Waals surface area contributed by atoms with Crippen molar-refractivity contribution >= 4 is 5.82 Å². The lowest BCUT2D eigenvalue weighted by atomic mass is 10.0. The van der Waals surface area contributed by atoms with Crippen molar-refractivity contribution in [3.05, 3.63) is 72.6 Å². The minimum absolute atomic E-state index is 0.303. The summed E-state index contributed by atoms with van der Waals surface area (Å²) in [5.74, 6) is 0.186. The van der Waals surface area contributed by atoms with E-state index in [9.17, 15) is 18.3 Å². The fourth-order valence-electron chi connectivity index (χ4n) is 2.67. The lowest BCUT2D eigenvalue weighted by Crippen LogP contribution is -2.24. The van der Waals surface area contributed by atoms with Gasteiger partial charge in [0.25, 0.3) is 0 Å². The van der Waals surface area contributed by atoms with Crippen LogP contribution in [0, 0.1) is 0 Å². The summed E-state index contributed by atoms with van der Waals surface area (Å²) in [6, 6.07) is 16.0. The highest BCUT2D eigenvalue weighted by atomic mass is 19.4. The molecule has 5 nitrogen and oxygen atoms in total. The van der Waals surface area contributed by atoms with E-state index < -0.39 is 12.5 Å². The van der Waals surface area contributed by atoms with E-state index >= 15 is 0 Å². The number of nitrogens with zero attached hydrogens (tertiary/aromatic N) is 2. The lowest BCUT2D eigenvalue weighted by molar-refractivity contribution is -0.274. The van der Waals surface area contributed by atoms with E-state index in [0.29, 0.717) is 17.1 Å². The van der Waals surface area contributed by atoms with Gasteiger partial charge in [0.1, 0.15) is 17.9 Å². The Kier molecular flexibility index (Phi) is 5.79. The number of rotatable bonds is 6. The Morgan fingerprint density at radius 3 is 2.32 bits per heavy atom. The van der Waals surface area contributed by atoms with Gasteiger partial charge in [-0.2, -0.15) is 0 Å². The maximum atomic E-state index is 12.3. The summed E-state index contributed by atoms with van der Waals surface area (Å²) in [6.45, 7) is 1.82. The Labute approximate surface area is 159 Å². The third kappa shape index (κ3) is 5.20. The summed E-state index contributed by atoms with van der Waals surface area (Å²) < 4.78 is 40.6. The van der Waals surface area contributed by atoms with Gasteiger partial charge in [0.05, 0.1) is 17.8 Å². The smallest absolute Gasteiger partial charge is 0.406 e. The van der Waals surface area contributed by atoms with Gasteiger partial charge in [0, 0.05) is 11.6 Å². The van der Waals surface area contributed by atoms with Crippen LogP contribution in [-0.4, -0.2) is 27.5 Å². The zero-order valence-corrected chi connectivity index (χ0v) is 14.9. The predicted octanol–water partition coefficient (Wildman–Crippen LogP) is 4.58. The van der Waals surface area contributed by atoms with Crippen molar-refractivity contribution in [2.75, 3.05) is 5.32 Å². The number of anilines is 1. The van der Waals surface area contributed by atoms with E-state index in [1.807, 2.05) is 37.3 Å². The molecule has 0 spiro atoms. The van der Waals surface area contributed by atoms with Crippen LogP contribution in [0.2, 0.25) is 0 Å². The van der Waals surface area contributed by atoms with Crippen molar-refractivity contribution in [1.29, 1.82) is 0 Å². The molecule has 2 atom stereocenters. The Morgan fingerprint density at radius 1 is 1.00 bits per heavy atom. The second kappa shape index (κ2) is 8.26. The number of hydrogen-bond acceptors (Lipinski definition) is 5. The summed E-state index contributed by atoms with van der Waals surface area (Å²) in [6.07, 6.45) is -4.12. The number of aliphatic hydroxyl groups excluding tert-OH is 1. The van der Waals surface area contributed by atoms with Crippen molar-refractivity contribution in [3.8, 4) is 17.0 Å². The van der Waals surface area contributed by atoms with Crippen molar-refractivity contribution in [3.63, 3.8) is 0 Å². The number of alkyl halides is 3. The SMILES string of the molecule is C[C@@H](Nc1cc(-c2ccc(OC(F)(F)F)cc2)ncn1)[C@@H](O)c1ccccc1. The average Bonchev–Trinajstić information content (AvgIpc) is 2.67. The molecule has 0 aliphatic heterocycles. The highest BCUT2D eigenvalue weighted by Crippen LogP contribution is 2.27. The van der Waals surface area contributed by atoms with E-state index in [4.69, 9.17) is 0 Å². The molecule has 0 fully saturated rings. The Hall–Kier alpha value is -3.13. The average molecular weight is 389 g/mol. The van der Waals surface area contributed by atoms with Crippen LogP contribution < -0.4 is 10.1 Å². The first-order valence-corrected chi connectivity index (χ1v) is 8.49. The Balaban J connectivity index is 1.72. The maximum Gasteiger partial charge on any atom is 0.573 e. The van der Waals surface area contributed by atoms with Crippen LogP contribution in [0.15, 0.2) is 67.0 Å². The summed E-state index contributed by atoms with van der Waals surface area (Å²) in [7, 11) is 0. The minimum atomic E-state index is -4.73. The fourth-order valence-corrected chi connectivity index (χ4v) is 2.67. The van der Waals surface area contributed by atoms with E-state index in [2.05, 4.69) is 20.0 Å². The summed E-state index contributed by atoms with van der Waals surface area (Å²) in [4.78, 5) is 8.29. The zero-order chi connectivity index (χ0) is 20.1. The molecular weight excluding hydrogens is 371 g/mol. The molecule has 0 aliphatic carbocycles. The van der Waals surface area contributed by atoms with Gasteiger partial charge < -0.3 is 15.2 Å².